The zero-order chi connectivity index (χ0) is 10.8. The molecule has 0 amide bonds. The highest BCUT2D eigenvalue weighted by Gasteiger charge is 2.09. The topological polar surface area (TPSA) is 0 Å². The van der Waals surface area contributed by atoms with Crippen LogP contribution in [0.5, 0.6) is 0 Å². The molecule has 1 unspecified atom stereocenters. The maximum atomic E-state index is 13.2. The molecule has 0 nitrogen and oxygen atoms in total. The molecule has 0 saturated carbocycles. The smallest absolute Gasteiger partial charge is 0.122 e. The molecule has 0 radical (unpaired) electrons. The van der Waals surface area contributed by atoms with Gasteiger partial charge in [-0.05, 0) is 28.8 Å². The van der Waals surface area contributed by atoms with Crippen LogP contribution in [0, 0.1) is 0 Å². The molecule has 2 rings (SSSR count). The van der Waals surface area contributed by atoms with Crippen LogP contribution < -0.4 is 0 Å². The van der Waals surface area contributed by atoms with Gasteiger partial charge in [-0.2, -0.15) is 0 Å². The fourth-order valence-electron chi connectivity index (χ4n) is 1.72. The van der Waals surface area contributed by atoms with Crippen LogP contribution in [0.3, 0.4) is 0 Å². The molecule has 0 aliphatic heterocycles. The highest BCUT2D eigenvalue weighted by Crippen LogP contribution is 2.26. The van der Waals surface area contributed by atoms with E-state index in [-0.39, 0.29) is 0 Å². The van der Waals surface area contributed by atoms with E-state index in [2.05, 4.69) is 6.58 Å². The van der Waals surface area contributed by atoms with Crippen molar-refractivity contribution in [2.45, 2.75) is 13.1 Å². The number of benzene rings is 2. The van der Waals surface area contributed by atoms with Gasteiger partial charge in [0.05, 0.1) is 0 Å². The van der Waals surface area contributed by atoms with Crippen molar-refractivity contribution in [1.29, 1.82) is 0 Å². The maximum absolute atomic E-state index is 13.2. The molecule has 0 bridgehead atoms. The lowest BCUT2D eigenvalue weighted by molar-refractivity contribution is 0.443. The largest absolute Gasteiger partial charge is 0.243 e. The van der Waals surface area contributed by atoms with Crippen molar-refractivity contribution in [2.24, 2.45) is 0 Å². The van der Waals surface area contributed by atoms with E-state index in [0.717, 1.165) is 16.3 Å². The number of hydrogen-bond acceptors (Lipinski definition) is 0. The Morgan fingerprint density at radius 3 is 2.53 bits per heavy atom. The lowest BCUT2D eigenvalue weighted by Crippen LogP contribution is -1.96. The zero-order valence-corrected chi connectivity index (χ0v) is 8.70. The third-order valence-corrected chi connectivity index (χ3v) is 2.62. The molecule has 15 heavy (non-hydrogen) atoms. The molecule has 76 valence electrons. The molecule has 0 aliphatic rings. The molecule has 1 atom stereocenters. The van der Waals surface area contributed by atoms with E-state index in [1.165, 1.54) is 6.92 Å². The van der Waals surface area contributed by atoms with Crippen molar-refractivity contribution in [3.8, 4) is 0 Å². The summed E-state index contributed by atoms with van der Waals surface area (Å²) in [5, 5.41) is 2.19. The van der Waals surface area contributed by atoms with Crippen LogP contribution in [0.4, 0.5) is 4.39 Å². The Kier molecular flexibility index (Phi) is 2.55. The zero-order valence-electron chi connectivity index (χ0n) is 8.70. The van der Waals surface area contributed by atoms with Crippen molar-refractivity contribution >= 4 is 16.3 Å². The monoisotopic (exact) mass is 200 g/mol. The predicted octanol–water partition coefficient (Wildman–Crippen LogP) is 4.21. The van der Waals surface area contributed by atoms with Gasteiger partial charge in [-0.3, -0.25) is 0 Å². The van der Waals surface area contributed by atoms with E-state index >= 15 is 0 Å². The van der Waals surface area contributed by atoms with Gasteiger partial charge >= 0.3 is 0 Å². The van der Waals surface area contributed by atoms with Crippen molar-refractivity contribution in [3.63, 3.8) is 0 Å². The molecule has 0 aromatic heterocycles. The van der Waals surface area contributed by atoms with Gasteiger partial charge < -0.3 is 0 Å². The number of hydrogen-bond donors (Lipinski definition) is 0. The molecule has 0 aliphatic carbocycles. The van der Waals surface area contributed by atoms with Crippen LogP contribution in [0.15, 0.2) is 49.0 Å². The third-order valence-electron chi connectivity index (χ3n) is 2.62. The van der Waals surface area contributed by atoms with E-state index < -0.39 is 6.17 Å². The minimum atomic E-state index is -1.00. The van der Waals surface area contributed by atoms with Crippen LogP contribution in [0.1, 0.15) is 12.5 Å². The van der Waals surface area contributed by atoms with E-state index in [1.54, 1.807) is 0 Å². The van der Waals surface area contributed by atoms with Gasteiger partial charge in [0.2, 0.25) is 0 Å². The molecular weight excluding hydrogens is 187 g/mol. The molecule has 0 N–H and O–H groups in total. The van der Waals surface area contributed by atoms with E-state index in [4.69, 9.17) is 0 Å². The fourth-order valence-corrected chi connectivity index (χ4v) is 1.72. The minimum absolute atomic E-state index is 0.548. The van der Waals surface area contributed by atoms with Crippen molar-refractivity contribution in [3.05, 3.63) is 54.6 Å². The second-order valence-electron chi connectivity index (χ2n) is 3.67. The average Bonchev–Trinajstić information content (AvgIpc) is 2.27. The molecule has 0 spiro atoms. The first-order chi connectivity index (χ1) is 7.20. The lowest BCUT2D eigenvalue weighted by atomic mass is 9.97. The molecule has 0 saturated heterocycles. The standard InChI is InChI=1S/C14H13F/c1-10(11(2)15)13-9-5-7-12-6-3-4-8-14(12)13/h3-9,11H,1H2,2H3. The van der Waals surface area contributed by atoms with E-state index in [1.807, 2.05) is 42.5 Å². The summed E-state index contributed by atoms with van der Waals surface area (Å²) in [6.07, 6.45) is -1.00. The second-order valence-corrected chi connectivity index (χ2v) is 3.67. The lowest BCUT2D eigenvalue weighted by Gasteiger charge is -2.10. The number of allylic oxidation sites excluding steroid dienone is 1. The number of halogens is 1. The van der Waals surface area contributed by atoms with Gasteiger partial charge in [0.1, 0.15) is 6.17 Å². The SMILES string of the molecule is C=C(c1cccc2ccccc12)C(C)F. The Bertz CT molecular complexity index is 492. The van der Waals surface area contributed by atoms with Crippen LogP contribution in [-0.2, 0) is 0 Å². The summed E-state index contributed by atoms with van der Waals surface area (Å²) in [6.45, 7) is 5.32. The van der Waals surface area contributed by atoms with Crippen LogP contribution in [-0.4, -0.2) is 6.17 Å². The molecule has 0 fully saturated rings. The quantitative estimate of drug-likeness (QED) is 0.681. The minimum Gasteiger partial charge on any atom is -0.243 e. The van der Waals surface area contributed by atoms with Gasteiger partial charge in [-0.1, -0.05) is 49.0 Å². The highest BCUT2D eigenvalue weighted by atomic mass is 19.1. The summed E-state index contributed by atoms with van der Waals surface area (Å²) in [5.41, 5.74) is 1.45. The normalized spacial score (nSPS) is 12.7. The van der Waals surface area contributed by atoms with Gasteiger partial charge in [0, 0.05) is 0 Å². The van der Waals surface area contributed by atoms with Crippen molar-refractivity contribution in [2.75, 3.05) is 0 Å². The Morgan fingerprint density at radius 1 is 1.13 bits per heavy atom. The number of alkyl halides is 1. The highest BCUT2D eigenvalue weighted by molar-refractivity contribution is 5.94. The van der Waals surface area contributed by atoms with Crippen LogP contribution >= 0.6 is 0 Å². The van der Waals surface area contributed by atoms with Gasteiger partial charge in [-0.25, -0.2) is 4.39 Å². The summed E-state index contributed by atoms with van der Waals surface area (Å²) in [4.78, 5) is 0. The first-order valence-corrected chi connectivity index (χ1v) is 5.01. The maximum Gasteiger partial charge on any atom is 0.122 e. The summed E-state index contributed by atoms with van der Waals surface area (Å²) >= 11 is 0. The molecule has 2 aromatic carbocycles. The molecule has 0 heterocycles. The molecule has 1 heteroatoms. The van der Waals surface area contributed by atoms with Gasteiger partial charge in [0.25, 0.3) is 0 Å². The Labute approximate surface area is 89.0 Å². The summed E-state index contributed by atoms with van der Waals surface area (Å²) in [5.74, 6) is 0. The van der Waals surface area contributed by atoms with Crippen molar-refractivity contribution < 1.29 is 4.39 Å². The first kappa shape index (κ1) is 9.91. The Morgan fingerprint density at radius 2 is 1.80 bits per heavy atom. The summed E-state index contributed by atoms with van der Waals surface area (Å²) < 4.78 is 13.2. The van der Waals surface area contributed by atoms with E-state index in [9.17, 15) is 4.39 Å². The number of fused-ring (bicyclic) bond motifs is 1. The molecular formula is C14H13F. The Balaban J connectivity index is 2.66. The van der Waals surface area contributed by atoms with Crippen LogP contribution in [0.25, 0.3) is 16.3 Å². The predicted molar refractivity (Wildman–Crippen MR) is 63.6 cm³/mol. The summed E-state index contributed by atoms with van der Waals surface area (Å²) in [7, 11) is 0. The fraction of sp³-hybridized carbons (Fsp3) is 0.143. The second kappa shape index (κ2) is 3.85. The van der Waals surface area contributed by atoms with Gasteiger partial charge in [0.15, 0.2) is 0 Å². The number of rotatable bonds is 2. The van der Waals surface area contributed by atoms with Crippen LogP contribution in [0.2, 0.25) is 0 Å². The van der Waals surface area contributed by atoms with Crippen molar-refractivity contribution in [1.82, 2.24) is 0 Å². The molecule has 2 aromatic rings. The average molecular weight is 200 g/mol. The first-order valence-electron chi connectivity index (χ1n) is 5.01. The summed E-state index contributed by atoms with van der Waals surface area (Å²) in [6, 6.07) is 13.8. The Hall–Kier alpha value is -1.63. The van der Waals surface area contributed by atoms with E-state index in [0.29, 0.717) is 5.57 Å². The third kappa shape index (κ3) is 1.78. The van der Waals surface area contributed by atoms with Gasteiger partial charge in [-0.15, -0.1) is 0 Å².